The van der Waals surface area contributed by atoms with Crippen molar-refractivity contribution in [3.8, 4) is 0 Å². The third-order valence-corrected chi connectivity index (χ3v) is 2.56. The van der Waals surface area contributed by atoms with Crippen molar-refractivity contribution in [1.82, 2.24) is 20.4 Å². The molecule has 17 heavy (non-hydrogen) atoms. The van der Waals surface area contributed by atoms with Crippen LogP contribution in [0.4, 0.5) is 5.69 Å². The second-order valence-corrected chi connectivity index (χ2v) is 3.84. The zero-order valence-electron chi connectivity index (χ0n) is 9.40. The predicted octanol–water partition coefficient (Wildman–Crippen LogP) is -0.830. The Balaban J connectivity index is 1.79. The van der Waals surface area contributed by atoms with Gasteiger partial charge in [0, 0.05) is 32.4 Å². The first kappa shape index (κ1) is 11.6. The van der Waals surface area contributed by atoms with Gasteiger partial charge in [-0.2, -0.15) is 5.10 Å². The first-order chi connectivity index (χ1) is 8.25. The summed E-state index contributed by atoms with van der Waals surface area (Å²) in [6.45, 7) is 2.90. The first-order valence-corrected chi connectivity index (χ1v) is 5.53. The smallest absolute Gasteiger partial charge is 0.233 e. The number of piperazine rings is 1. The number of nitrogens with zero attached hydrogens (tertiary/aromatic N) is 2. The zero-order chi connectivity index (χ0) is 12.1. The van der Waals surface area contributed by atoms with E-state index >= 15 is 0 Å². The second-order valence-electron chi connectivity index (χ2n) is 3.84. The molecule has 7 nitrogen and oxygen atoms in total. The highest BCUT2D eigenvalue weighted by Crippen LogP contribution is 2.03. The van der Waals surface area contributed by atoms with E-state index in [0.29, 0.717) is 18.8 Å². The number of rotatable bonds is 3. The molecule has 0 aromatic carbocycles. The largest absolute Gasteiger partial charge is 0.340 e. The molecule has 1 aromatic heterocycles. The molecule has 2 amide bonds. The molecule has 2 rings (SSSR count). The summed E-state index contributed by atoms with van der Waals surface area (Å²) in [4.78, 5) is 25.0. The van der Waals surface area contributed by atoms with Crippen LogP contribution in [0.5, 0.6) is 0 Å². The highest BCUT2D eigenvalue weighted by Gasteiger charge is 2.19. The van der Waals surface area contributed by atoms with E-state index in [9.17, 15) is 9.59 Å². The Bertz CT molecular complexity index is 383. The van der Waals surface area contributed by atoms with E-state index in [1.165, 1.54) is 6.20 Å². The van der Waals surface area contributed by atoms with Crippen LogP contribution in [0.15, 0.2) is 12.4 Å². The molecule has 92 valence electrons. The van der Waals surface area contributed by atoms with Gasteiger partial charge in [0.2, 0.25) is 11.8 Å². The van der Waals surface area contributed by atoms with Gasteiger partial charge in [-0.25, -0.2) is 0 Å². The van der Waals surface area contributed by atoms with Crippen molar-refractivity contribution in [3.63, 3.8) is 0 Å². The van der Waals surface area contributed by atoms with Gasteiger partial charge in [-0.05, 0) is 0 Å². The number of carbonyl (C=O) groups excluding carboxylic acids is 2. The predicted molar refractivity (Wildman–Crippen MR) is 61.3 cm³/mol. The van der Waals surface area contributed by atoms with Crippen LogP contribution in [0.3, 0.4) is 0 Å². The minimum Gasteiger partial charge on any atom is -0.340 e. The van der Waals surface area contributed by atoms with Gasteiger partial charge in [-0.1, -0.05) is 0 Å². The van der Waals surface area contributed by atoms with Crippen LogP contribution < -0.4 is 10.6 Å². The fourth-order valence-electron chi connectivity index (χ4n) is 1.69. The molecule has 0 saturated carbocycles. The highest BCUT2D eigenvalue weighted by atomic mass is 16.2. The Hall–Kier alpha value is -1.89. The van der Waals surface area contributed by atoms with Crippen LogP contribution in [0.1, 0.15) is 6.42 Å². The molecule has 1 aliphatic rings. The summed E-state index contributed by atoms with van der Waals surface area (Å²) < 4.78 is 0. The molecule has 1 fully saturated rings. The Morgan fingerprint density at radius 1 is 1.41 bits per heavy atom. The van der Waals surface area contributed by atoms with Crippen LogP contribution in [-0.4, -0.2) is 53.1 Å². The lowest BCUT2D eigenvalue weighted by molar-refractivity contribution is -0.135. The van der Waals surface area contributed by atoms with E-state index in [4.69, 9.17) is 0 Å². The van der Waals surface area contributed by atoms with Crippen molar-refractivity contribution < 1.29 is 9.59 Å². The molecule has 2 heterocycles. The minimum absolute atomic E-state index is 0.120. The molecule has 1 aliphatic heterocycles. The van der Waals surface area contributed by atoms with Gasteiger partial charge < -0.3 is 15.5 Å². The topological polar surface area (TPSA) is 90.1 Å². The summed E-state index contributed by atoms with van der Waals surface area (Å²) in [6, 6.07) is 0. The van der Waals surface area contributed by atoms with Crippen LogP contribution >= 0.6 is 0 Å². The van der Waals surface area contributed by atoms with Gasteiger partial charge in [0.25, 0.3) is 0 Å². The summed E-state index contributed by atoms with van der Waals surface area (Å²) in [6.07, 6.45) is 2.94. The molecular weight excluding hydrogens is 222 g/mol. The molecule has 0 atom stereocenters. The van der Waals surface area contributed by atoms with E-state index < -0.39 is 0 Å². The Labute approximate surface area is 98.6 Å². The molecule has 0 spiro atoms. The van der Waals surface area contributed by atoms with Gasteiger partial charge in [0.1, 0.15) is 6.42 Å². The average molecular weight is 237 g/mol. The lowest BCUT2D eigenvalue weighted by atomic mass is 10.3. The maximum Gasteiger partial charge on any atom is 0.233 e. The fraction of sp³-hybridized carbons (Fsp3) is 0.500. The number of aromatic amines is 1. The van der Waals surface area contributed by atoms with E-state index in [1.54, 1.807) is 11.1 Å². The standard InChI is InChI=1S/C10H15N5O2/c16-9(14-8-6-12-13-7-8)5-10(17)15-3-1-11-2-4-15/h6-7,11H,1-5H2,(H,12,13)(H,14,16). The molecule has 7 heteroatoms. The minimum atomic E-state index is -0.310. The quantitative estimate of drug-likeness (QED) is 0.598. The maximum absolute atomic E-state index is 11.8. The van der Waals surface area contributed by atoms with Gasteiger partial charge in [0.05, 0.1) is 11.9 Å². The summed E-state index contributed by atoms with van der Waals surface area (Å²) in [5, 5.41) is 12.0. The van der Waals surface area contributed by atoms with Crippen molar-refractivity contribution in [1.29, 1.82) is 0 Å². The normalized spacial score (nSPS) is 15.6. The van der Waals surface area contributed by atoms with E-state index in [-0.39, 0.29) is 18.2 Å². The SMILES string of the molecule is O=C(CC(=O)N1CCNCC1)Nc1cn[nH]c1. The fourth-order valence-corrected chi connectivity index (χ4v) is 1.69. The number of aromatic nitrogens is 2. The molecule has 0 radical (unpaired) electrons. The number of nitrogens with one attached hydrogen (secondary N) is 3. The summed E-state index contributed by atoms with van der Waals surface area (Å²) >= 11 is 0. The lowest BCUT2D eigenvalue weighted by Crippen LogP contribution is -2.47. The molecular formula is C10H15N5O2. The van der Waals surface area contributed by atoms with Crippen molar-refractivity contribution in [2.75, 3.05) is 31.5 Å². The zero-order valence-corrected chi connectivity index (χ0v) is 9.40. The van der Waals surface area contributed by atoms with E-state index in [2.05, 4.69) is 20.8 Å². The Morgan fingerprint density at radius 3 is 2.82 bits per heavy atom. The van der Waals surface area contributed by atoms with Crippen LogP contribution in [0, 0.1) is 0 Å². The summed E-state index contributed by atoms with van der Waals surface area (Å²) in [5.41, 5.74) is 0.572. The number of amides is 2. The number of anilines is 1. The first-order valence-electron chi connectivity index (χ1n) is 5.53. The van der Waals surface area contributed by atoms with E-state index in [1.807, 2.05) is 0 Å². The second kappa shape index (κ2) is 5.44. The monoisotopic (exact) mass is 237 g/mol. The van der Waals surface area contributed by atoms with Crippen LogP contribution in [0.25, 0.3) is 0 Å². The molecule has 1 aromatic rings. The third-order valence-electron chi connectivity index (χ3n) is 2.56. The van der Waals surface area contributed by atoms with Gasteiger partial charge in [0.15, 0.2) is 0 Å². The number of carbonyl (C=O) groups is 2. The van der Waals surface area contributed by atoms with Gasteiger partial charge >= 0.3 is 0 Å². The molecule has 0 unspecified atom stereocenters. The van der Waals surface area contributed by atoms with Crippen molar-refractivity contribution in [2.24, 2.45) is 0 Å². The van der Waals surface area contributed by atoms with Crippen molar-refractivity contribution >= 4 is 17.5 Å². The third kappa shape index (κ3) is 3.28. The van der Waals surface area contributed by atoms with Crippen molar-refractivity contribution in [2.45, 2.75) is 6.42 Å². The maximum atomic E-state index is 11.8. The molecule has 0 aliphatic carbocycles. The number of H-pyrrole nitrogens is 1. The lowest BCUT2D eigenvalue weighted by Gasteiger charge is -2.27. The van der Waals surface area contributed by atoms with Crippen molar-refractivity contribution in [3.05, 3.63) is 12.4 Å². The van der Waals surface area contributed by atoms with Crippen LogP contribution in [0.2, 0.25) is 0 Å². The Morgan fingerprint density at radius 2 is 2.18 bits per heavy atom. The molecule has 0 bridgehead atoms. The van der Waals surface area contributed by atoms with Gasteiger partial charge in [-0.3, -0.25) is 14.7 Å². The number of hydrogen-bond donors (Lipinski definition) is 3. The Kier molecular flexibility index (Phi) is 3.71. The summed E-state index contributed by atoms with van der Waals surface area (Å²) in [5.74, 6) is -0.442. The van der Waals surface area contributed by atoms with Crippen LogP contribution in [-0.2, 0) is 9.59 Å². The average Bonchev–Trinajstić information content (AvgIpc) is 2.82. The molecule has 1 saturated heterocycles. The number of hydrogen-bond acceptors (Lipinski definition) is 4. The summed E-state index contributed by atoms with van der Waals surface area (Å²) in [7, 11) is 0. The molecule has 3 N–H and O–H groups in total. The van der Waals surface area contributed by atoms with E-state index in [0.717, 1.165) is 13.1 Å². The van der Waals surface area contributed by atoms with Gasteiger partial charge in [-0.15, -0.1) is 0 Å². The highest BCUT2D eigenvalue weighted by molar-refractivity contribution is 6.03.